The van der Waals surface area contributed by atoms with Crippen LogP contribution in [0, 0.1) is 12.7 Å². The molecular weight excluding hydrogens is 429 g/mol. The number of rotatable bonds is 7. The van der Waals surface area contributed by atoms with Gasteiger partial charge in [0.1, 0.15) is 18.2 Å². The Hall–Kier alpha value is -3.64. The van der Waals surface area contributed by atoms with E-state index in [1.54, 1.807) is 47.4 Å². The molecule has 0 radical (unpaired) electrons. The lowest BCUT2D eigenvalue weighted by Gasteiger charge is -2.10. The van der Waals surface area contributed by atoms with Crippen LogP contribution in [0.1, 0.15) is 27.0 Å². The van der Waals surface area contributed by atoms with Crippen molar-refractivity contribution in [2.75, 3.05) is 5.32 Å². The van der Waals surface area contributed by atoms with Gasteiger partial charge in [0, 0.05) is 11.8 Å². The normalized spacial score (nSPS) is 10.7. The summed E-state index contributed by atoms with van der Waals surface area (Å²) in [5.74, 6) is 0.0506. The van der Waals surface area contributed by atoms with Crippen molar-refractivity contribution in [2.45, 2.75) is 20.1 Å². The van der Waals surface area contributed by atoms with E-state index in [-0.39, 0.29) is 18.3 Å². The Balaban J connectivity index is 1.38. The number of hydrogen-bond acceptors (Lipinski definition) is 3. The Morgan fingerprint density at radius 3 is 2.75 bits per heavy atom. The minimum atomic E-state index is -0.295. The summed E-state index contributed by atoms with van der Waals surface area (Å²) in [5, 5.41) is 7.61. The maximum atomic E-state index is 13.4. The van der Waals surface area contributed by atoms with E-state index in [1.807, 2.05) is 31.2 Å². The number of aromatic nitrogens is 2. The van der Waals surface area contributed by atoms with Gasteiger partial charge in [0.2, 0.25) is 0 Å². The summed E-state index contributed by atoms with van der Waals surface area (Å²) in [4.78, 5) is 12.7. The maximum absolute atomic E-state index is 13.4. The number of aryl methyl sites for hydroxylation is 1. The van der Waals surface area contributed by atoms with E-state index in [1.165, 1.54) is 12.1 Å². The van der Waals surface area contributed by atoms with Crippen LogP contribution in [0.15, 0.2) is 79.1 Å². The summed E-state index contributed by atoms with van der Waals surface area (Å²) >= 11 is 6.18. The van der Waals surface area contributed by atoms with Gasteiger partial charge in [0.15, 0.2) is 0 Å². The molecule has 1 aromatic heterocycles. The van der Waals surface area contributed by atoms with Crippen molar-refractivity contribution in [1.82, 2.24) is 9.78 Å². The Morgan fingerprint density at radius 2 is 1.91 bits per heavy atom. The third-order valence-electron chi connectivity index (χ3n) is 4.79. The number of halogens is 2. The first kappa shape index (κ1) is 21.6. The van der Waals surface area contributed by atoms with E-state index in [0.717, 1.165) is 16.7 Å². The van der Waals surface area contributed by atoms with Crippen LogP contribution in [0.3, 0.4) is 0 Å². The standard InChI is InChI=1S/C25H21ClFN3O2/c1-17-8-9-23(26)24(10-17)32-16-19-5-2-6-20(11-19)25(31)29-22-13-28-30(15-22)14-18-4-3-7-21(27)12-18/h2-13,15H,14,16H2,1H3,(H,29,31). The number of benzene rings is 3. The third kappa shape index (κ3) is 5.53. The quantitative estimate of drug-likeness (QED) is 0.384. The van der Waals surface area contributed by atoms with Gasteiger partial charge in [-0.05, 0) is 60.0 Å². The topological polar surface area (TPSA) is 56.1 Å². The Kier molecular flexibility index (Phi) is 6.52. The van der Waals surface area contributed by atoms with Gasteiger partial charge in [-0.15, -0.1) is 0 Å². The summed E-state index contributed by atoms with van der Waals surface area (Å²) in [6, 6.07) is 19.1. The number of nitrogens with zero attached hydrogens (tertiary/aromatic N) is 2. The van der Waals surface area contributed by atoms with E-state index in [4.69, 9.17) is 16.3 Å². The van der Waals surface area contributed by atoms with Gasteiger partial charge in [-0.2, -0.15) is 5.10 Å². The van der Waals surface area contributed by atoms with Crippen molar-refractivity contribution >= 4 is 23.2 Å². The van der Waals surface area contributed by atoms with Gasteiger partial charge in [-0.25, -0.2) is 4.39 Å². The molecule has 1 N–H and O–H groups in total. The minimum Gasteiger partial charge on any atom is -0.487 e. The predicted molar refractivity (Wildman–Crippen MR) is 123 cm³/mol. The number of ether oxygens (including phenoxy) is 1. The monoisotopic (exact) mass is 449 g/mol. The molecule has 0 atom stereocenters. The lowest BCUT2D eigenvalue weighted by atomic mass is 10.1. The van der Waals surface area contributed by atoms with Gasteiger partial charge in [-0.3, -0.25) is 9.48 Å². The second-order valence-electron chi connectivity index (χ2n) is 7.43. The SMILES string of the molecule is Cc1ccc(Cl)c(OCc2cccc(C(=O)Nc3cnn(Cc4cccc(F)c4)c3)c2)c1. The van der Waals surface area contributed by atoms with Gasteiger partial charge in [0.05, 0.1) is 23.5 Å². The fraction of sp³-hybridized carbons (Fsp3) is 0.120. The van der Waals surface area contributed by atoms with Crippen LogP contribution in [0.4, 0.5) is 10.1 Å². The first-order valence-electron chi connectivity index (χ1n) is 10.0. The molecule has 0 aliphatic carbocycles. The molecule has 0 fully saturated rings. The molecule has 0 aliphatic rings. The first-order chi connectivity index (χ1) is 15.5. The lowest BCUT2D eigenvalue weighted by molar-refractivity contribution is 0.102. The molecule has 0 unspecified atom stereocenters. The molecule has 4 rings (SSSR count). The van der Waals surface area contributed by atoms with Crippen molar-refractivity contribution in [3.8, 4) is 5.75 Å². The van der Waals surface area contributed by atoms with Gasteiger partial charge in [-0.1, -0.05) is 41.9 Å². The highest BCUT2D eigenvalue weighted by Gasteiger charge is 2.10. The highest BCUT2D eigenvalue weighted by atomic mass is 35.5. The molecule has 1 amide bonds. The molecule has 162 valence electrons. The fourth-order valence-electron chi connectivity index (χ4n) is 3.22. The van der Waals surface area contributed by atoms with Crippen LogP contribution in [0.2, 0.25) is 5.02 Å². The molecule has 7 heteroatoms. The van der Waals surface area contributed by atoms with Crippen LogP contribution in [0.25, 0.3) is 0 Å². The lowest BCUT2D eigenvalue weighted by Crippen LogP contribution is -2.12. The summed E-state index contributed by atoms with van der Waals surface area (Å²) < 4.78 is 20.8. The summed E-state index contributed by atoms with van der Waals surface area (Å²) in [6.07, 6.45) is 3.26. The molecule has 32 heavy (non-hydrogen) atoms. The second-order valence-corrected chi connectivity index (χ2v) is 7.84. The van der Waals surface area contributed by atoms with Gasteiger partial charge >= 0.3 is 0 Å². The van der Waals surface area contributed by atoms with Crippen LogP contribution >= 0.6 is 11.6 Å². The molecule has 0 saturated carbocycles. The number of carbonyl (C=O) groups is 1. The molecule has 0 spiro atoms. The van der Waals surface area contributed by atoms with E-state index >= 15 is 0 Å². The number of anilines is 1. The average molecular weight is 450 g/mol. The van der Waals surface area contributed by atoms with Crippen molar-refractivity contribution in [2.24, 2.45) is 0 Å². The largest absolute Gasteiger partial charge is 0.487 e. The van der Waals surface area contributed by atoms with Crippen molar-refractivity contribution in [3.63, 3.8) is 0 Å². The molecule has 3 aromatic carbocycles. The van der Waals surface area contributed by atoms with Crippen molar-refractivity contribution in [1.29, 1.82) is 0 Å². The summed E-state index contributed by atoms with van der Waals surface area (Å²) in [6.45, 7) is 2.66. The van der Waals surface area contributed by atoms with Crippen LogP contribution in [0.5, 0.6) is 5.75 Å². The zero-order chi connectivity index (χ0) is 22.5. The molecule has 5 nitrogen and oxygen atoms in total. The van der Waals surface area contributed by atoms with Crippen LogP contribution < -0.4 is 10.1 Å². The number of nitrogens with one attached hydrogen (secondary N) is 1. The molecule has 0 saturated heterocycles. The second kappa shape index (κ2) is 9.66. The average Bonchev–Trinajstić information content (AvgIpc) is 3.21. The van der Waals surface area contributed by atoms with Gasteiger partial charge in [0.25, 0.3) is 5.91 Å². The Bertz CT molecular complexity index is 1260. The van der Waals surface area contributed by atoms with Crippen LogP contribution in [-0.4, -0.2) is 15.7 Å². The minimum absolute atomic E-state index is 0.259. The zero-order valence-corrected chi connectivity index (χ0v) is 18.1. The summed E-state index contributed by atoms with van der Waals surface area (Å²) in [5.41, 5.74) is 3.74. The molecule has 4 aromatic rings. The van der Waals surface area contributed by atoms with Crippen molar-refractivity contribution in [3.05, 3.63) is 112 Å². The third-order valence-corrected chi connectivity index (χ3v) is 5.11. The van der Waals surface area contributed by atoms with E-state index in [0.29, 0.717) is 28.6 Å². The van der Waals surface area contributed by atoms with Crippen molar-refractivity contribution < 1.29 is 13.9 Å². The maximum Gasteiger partial charge on any atom is 0.255 e. The van der Waals surface area contributed by atoms with E-state index < -0.39 is 0 Å². The summed E-state index contributed by atoms with van der Waals surface area (Å²) in [7, 11) is 0. The molecular formula is C25H21ClFN3O2. The highest BCUT2D eigenvalue weighted by Crippen LogP contribution is 2.26. The number of amides is 1. The van der Waals surface area contributed by atoms with E-state index in [9.17, 15) is 9.18 Å². The molecule has 0 aliphatic heterocycles. The Labute approximate surface area is 190 Å². The smallest absolute Gasteiger partial charge is 0.255 e. The molecule has 0 bridgehead atoms. The first-order valence-corrected chi connectivity index (χ1v) is 10.4. The van der Waals surface area contributed by atoms with Gasteiger partial charge < -0.3 is 10.1 Å². The number of hydrogen-bond donors (Lipinski definition) is 1. The fourth-order valence-corrected chi connectivity index (χ4v) is 3.40. The Morgan fingerprint density at radius 1 is 1.09 bits per heavy atom. The zero-order valence-electron chi connectivity index (χ0n) is 17.4. The number of carbonyl (C=O) groups excluding carboxylic acids is 1. The highest BCUT2D eigenvalue weighted by molar-refractivity contribution is 6.32. The van der Waals surface area contributed by atoms with E-state index in [2.05, 4.69) is 10.4 Å². The molecule has 1 heterocycles. The van der Waals surface area contributed by atoms with Crippen LogP contribution in [-0.2, 0) is 13.2 Å². The predicted octanol–water partition coefficient (Wildman–Crippen LogP) is 5.86.